The molecule has 2 N–H and O–H groups in total. The number of carbonyl (C=O) groups is 3. The van der Waals surface area contributed by atoms with Crippen LogP contribution in [0.3, 0.4) is 0 Å². The van der Waals surface area contributed by atoms with Crippen LogP contribution in [0.5, 0.6) is 11.5 Å². The van der Waals surface area contributed by atoms with Crippen LogP contribution in [0.1, 0.15) is 94.5 Å². The first-order chi connectivity index (χ1) is 35.3. The number of methoxy groups -OCH3 is 2. The largest absolute Gasteiger partial charge is 0.497 e. The van der Waals surface area contributed by atoms with Crippen LogP contribution < -0.4 is 20.1 Å². The number of ether oxygens (including phenoxy) is 4. The van der Waals surface area contributed by atoms with Crippen molar-refractivity contribution in [1.29, 1.82) is 5.26 Å². The van der Waals surface area contributed by atoms with Crippen LogP contribution >= 0.6 is 8.53 Å². The number of nitriles is 1. The van der Waals surface area contributed by atoms with E-state index in [0.29, 0.717) is 24.3 Å². The number of amides is 3. The fourth-order valence-corrected chi connectivity index (χ4v) is 11.7. The molecule has 14 nitrogen and oxygen atoms in total. The van der Waals surface area contributed by atoms with Gasteiger partial charge in [-0.1, -0.05) is 117 Å². The van der Waals surface area contributed by atoms with Crippen LogP contribution in [0.4, 0.5) is 4.79 Å². The van der Waals surface area contributed by atoms with Crippen LogP contribution in [0, 0.1) is 17.2 Å². The molecule has 0 radical (unpaired) electrons. The Bertz CT molecular complexity index is 2540. The summed E-state index contributed by atoms with van der Waals surface area (Å²) in [6, 6.07) is 42.5. The number of benzene rings is 5. The molecule has 4 atom stereocenters. The zero-order valence-electron chi connectivity index (χ0n) is 43.3. The molecule has 1 fully saturated rings. The summed E-state index contributed by atoms with van der Waals surface area (Å²) < 4.78 is 39.7. The topological polar surface area (TPSA) is 161 Å². The van der Waals surface area contributed by atoms with Crippen molar-refractivity contribution in [2.75, 3.05) is 47.1 Å². The van der Waals surface area contributed by atoms with Gasteiger partial charge in [0, 0.05) is 24.5 Å². The molecule has 3 amide bonds. The number of carbonyl (C=O) groups excluding carboxylic acids is 3. The average Bonchev–Trinajstić information content (AvgIpc) is 3.95. The van der Waals surface area contributed by atoms with E-state index in [1.54, 1.807) is 19.1 Å². The molecule has 15 heteroatoms. The standard InChI is InChI=1S/C58H70N5O9P/c1-39(2)33-54(61-55(64)35-60-57(66)69-38-53-51-21-14-12-19-49(51)50-20-13-15-22-52(50)53)56(65)62-36-48(72-73(71-32-16-31-59)63(40(3)4)41(5)6)34-45(62)37-70-58(42-17-10-9-11-18-42,43-23-27-46(67-7)28-24-43)44-25-29-47(68-8)30-26-44/h9-15,17-30,39-41,45,48,53-54H,16,32-38H2,1-8H3,(H,60,66)(H,61,64)/t45?,48?,54-,73?/m0/s1. The molecular formula is C58H70N5O9P. The number of hydrogen-bond donors (Lipinski definition) is 2. The van der Waals surface area contributed by atoms with Gasteiger partial charge in [0.1, 0.15) is 36.3 Å². The first-order valence-corrected chi connectivity index (χ1v) is 26.3. The zero-order valence-corrected chi connectivity index (χ0v) is 44.2. The highest BCUT2D eigenvalue weighted by atomic mass is 31.2. The Morgan fingerprint density at radius 2 is 1.30 bits per heavy atom. The molecule has 2 aliphatic rings. The minimum atomic E-state index is -1.66. The Kier molecular flexibility index (Phi) is 19.1. The van der Waals surface area contributed by atoms with Crippen molar-refractivity contribution in [3.8, 4) is 28.7 Å². The summed E-state index contributed by atoms with van der Waals surface area (Å²) in [7, 11) is 1.59. The van der Waals surface area contributed by atoms with Crippen molar-refractivity contribution in [2.24, 2.45) is 5.92 Å². The SMILES string of the molecule is COc1ccc(C(OCC2CC(OP(OCCC#N)N(C(C)C)C(C)C)CN2C(=O)[C@H](CC(C)C)NC(=O)CNC(=O)OCC2c3ccccc3-c3ccccc32)(c2ccccc2)c2ccc(OC)cc2)cc1. The molecule has 0 aromatic heterocycles. The second kappa shape index (κ2) is 25.6. The monoisotopic (exact) mass is 1010 g/mol. The van der Waals surface area contributed by atoms with Gasteiger partial charge in [-0.05, 0) is 110 Å². The summed E-state index contributed by atoms with van der Waals surface area (Å²) in [5.74, 6) is 0.399. The van der Waals surface area contributed by atoms with E-state index in [1.807, 2.05) is 129 Å². The predicted octanol–water partition coefficient (Wildman–Crippen LogP) is 10.3. The summed E-state index contributed by atoms with van der Waals surface area (Å²) in [6.07, 6.45) is -0.318. The van der Waals surface area contributed by atoms with Crippen LogP contribution in [-0.2, 0) is 33.7 Å². The van der Waals surface area contributed by atoms with Crippen molar-refractivity contribution in [3.05, 3.63) is 155 Å². The lowest BCUT2D eigenvalue weighted by Gasteiger charge is -2.38. The van der Waals surface area contributed by atoms with Gasteiger partial charge in [0.25, 0.3) is 8.53 Å². The van der Waals surface area contributed by atoms with Gasteiger partial charge < -0.3 is 43.5 Å². The Balaban J connectivity index is 1.15. The molecular weight excluding hydrogens is 942 g/mol. The van der Waals surface area contributed by atoms with E-state index in [2.05, 4.69) is 61.2 Å². The number of rotatable bonds is 24. The quantitative estimate of drug-likeness (QED) is 0.0344. The zero-order chi connectivity index (χ0) is 52.1. The van der Waals surface area contributed by atoms with Crippen molar-refractivity contribution in [1.82, 2.24) is 20.2 Å². The first kappa shape index (κ1) is 54.4. The maximum absolute atomic E-state index is 15.3. The fourth-order valence-electron chi connectivity index (χ4n) is 10.0. The lowest BCUT2D eigenvalue weighted by Crippen LogP contribution is -2.53. The number of nitrogens with zero attached hydrogens (tertiary/aromatic N) is 3. The third-order valence-corrected chi connectivity index (χ3v) is 15.5. The molecule has 1 heterocycles. The maximum Gasteiger partial charge on any atom is 0.407 e. The molecule has 0 saturated carbocycles. The summed E-state index contributed by atoms with van der Waals surface area (Å²) >= 11 is 0. The number of alkyl carbamates (subject to hydrolysis) is 1. The van der Waals surface area contributed by atoms with Gasteiger partial charge in [-0.25, -0.2) is 9.46 Å². The van der Waals surface area contributed by atoms with Gasteiger partial charge in [0.15, 0.2) is 0 Å². The second-order valence-corrected chi connectivity index (χ2v) is 20.8. The van der Waals surface area contributed by atoms with Crippen LogP contribution in [0.15, 0.2) is 127 Å². The van der Waals surface area contributed by atoms with Crippen molar-refractivity contribution in [2.45, 2.75) is 103 Å². The van der Waals surface area contributed by atoms with E-state index >= 15 is 4.79 Å². The molecule has 1 aliphatic heterocycles. The van der Waals surface area contributed by atoms with Crippen LogP contribution in [-0.4, -0.2) is 105 Å². The van der Waals surface area contributed by atoms with Crippen LogP contribution in [0.2, 0.25) is 0 Å². The summed E-state index contributed by atoms with van der Waals surface area (Å²) in [5.41, 5.74) is 5.73. The van der Waals surface area contributed by atoms with E-state index in [-0.39, 0.29) is 62.6 Å². The molecule has 1 saturated heterocycles. The summed E-state index contributed by atoms with van der Waals surface area (Å²) in [6.45, 7) is 12.4. The lowest BCUT2D eigenvalue weighted by molar-refractivity contribution is -0.139. The molecule has 0 bridgehead atoms. The van der Waals surface area contributed by atoms with Gasteiger partial charge in [-0.3, -0.25) is 9.59 Å². The fraction of sp³-hybridized carbons (Fsp3) is 0.414. The minimum absolute atomic E-state index is 0.0107. The highest BCUT2D eigenvalue weighted by molar-refractivity contribution is 7.44. The summed E-state index contributed by atoms with van der Waals surface area (Å²) in [5, 5.41) is 15.0. The Morgan fingerprint density at radius 1 is 0.753 bits per heavy atom. The molecule has 1 aliphatic carbocycles. The van der Waals surface area contributed by atoms with Gasteiger partial charge in [-0.15, -0.1) is 0 Å². The normalized spacial score (nSPS) is 16.2. The predicted molar refractivity (Wildman–Crippen MR) is 283 cm³/mol. The minimum Gasteiger partial charge on any atom is -0.497 e. The van der Waals surface area contributed by atoms with E-state index in [4.69, 9.17) is 28.0 Å². The number of hydrogen-bond acceptors (Lipinski definition) is 11. The van der Waals surface area contributed by atoms with Crippen molar-refractivity contribution >= 4 is 26.4 Å². The van der Waals surface area contributed by atoms with E-state index in [1.165, 1.54) is 0 Å². The van der Waals surface area contributed by atoms with Crippen LogP contribution in [0.25, 0.3) is 11.1 Å². The highest BCUT2D eigenvalue weighted by Crippen LogP contribution is 2.49. The van der Waals surface area contributed by atoms with Gasteiger partial charge in [-0.2, -0.15) is 5.26 Å². The van der Waals surface area contributed by atoms with E-state index in [0.717, 1.165) is 38.9 Å². The Labute approximate surface area is 432 Å². The molecule has 73 heavy (non-hydrogen) atoms. The highest BCUT2D eigenvalue weighted by Gasteiger charge is 2.45. The third-order valence-electron chi connectivity index (χ3n) is 13.3. The smallest absolute Gasteiger partial charge is 0.407 e. The van der Waals surface area contributed by atoms with E-state index < -0.39 is 50.9 Å². The Morgan fingerprint density at radius 3 is 1.84 bits per heavy atom. The van der Waals surface area contributed by atoms with Gasteiger partial charge in [0.2, 0.25) is 11.8 Å². The van der Waals surface area contributed by atoms with Gasteiger partial charge >= 0.3 is 6.09 Å². The molecule has 3 unspecified atom stereocenters. The first-order valence-electron chi connectivity index (χ1n) is 25.2. The molecule has 0 spiro atoms. The van der Waals surface area contributed by atoms with Gasteiger partial charge in [0.05, 0.1) is 52.1 Å². The lowest BCUT2D eigenvalue weighted by atomic mass is 9.80. The maximum atomic E-state index is 15.3. The van der Waals surface area contributed by atoms with Crippen molar-refractivity contribution < 1.29 is 42.4 Å². The molecule has 5 aromatic carbocycles. The third kappa shape index (κ3) is 13.1. The summed E-state index contributed by atoms with van der Waals surface area (Å²) in [4.78, 5) is 44.1. The van der Waals surface area contributed by atoms with Crippen molar-refractivity contribution in [3.63, 3.8) is 0 Å². The molecule has 386 valence electrons. The molecule has 7 rings (SSSR count). The Hall–Kier alpha value is -6.33. The van der Waals surface area contributed by atoms with E-state index in [9.17, 15) is 14.9 Å². The molecule has 5 aromatic rings. The number of nitrogens with one attached hydrogen (secondary N) is 2. The number of likely N-dealkylation sites (tertiary alicyclic amines) is 1. The average molecular weight is 1010 g/mol. The second-order valence-electron chi connectivity index (χ2n) is 19.4. The number of fused-ring (bicyclic) bond motifs is 3.